The molecule has 3 aromatic rings. The van der Waals surface area contributed by atoms with Crippen molar-refractivity contribution < 1.29 is 4.74 Å². The monoisotopic (exact) mass is 267 g/mol. The van der Waals surface area contributed by atoms with E-state index in [1.165, 1.54) is 5.56 Å². The maximum atomic E-state index is 5.86. The first-order chi connectivity index (χ1) is 9.78. The normalized spacial score (nSPS) is 10.9. The molecule has 0 radical (unpaired) electrons. The third-order valence-electron chi connectivity index (χ3n) is 3.26. The fourth-order valence-corrected chi connectivity index (χ4v) is 2.20. The first-order valence-electron chi connectivity index (χ1n) is 6.61. The van der Waals surface area contributed by atoms with Crippen LogP contribution in [0, 0.1) is 0 Å². The van der Waals surface area contributed by atoms with Crippen molar-refractivity contribution in [2.24, 2.45) is 7.05 Å². The van der Waals surface area contributed by atoms with Gasteiger partial charge in [-0.05, 0) is 36.9 Å². The molecule has 0 amide bonds. The van der Waals surface area contributed by atoms with E-state index in [2.05, 4.69) is 22.4 Å². The second kappa shape index (κ2) is 5.35. The van der Waals surface area contributed by atoms with Crippen molar-refractivity contribution in [2.45, 2.75) is 6.54 Å². The summed E-state index contributed by atoms with van der Waals surface area (Å²) < 4.78 is 7.81. The summed E-state index contributed by atoms with van der Waals surface area (Å²) in [6, 6.07) is 16.6. The Morgan fingerprint density at radius 2 is 1.85 bits per heavy atom. The number of rotatable bonds is 4. The highest BCUT2D eigenvalue weighted by atomic mass is 16.5. The lowest BCUT2D eigenvalue weighted by Crippen LogP contribution is -2.04. The minimum Gasteiger partial charge on any atom is -0.426 e. The average Bonchev–Trinajstić information content (AvgIpc) is 2.79. The highest BCUT2D eigenvalue weighted by Gasteiger charge is 2.08. The Morgan fingerprint density at radius 1 is 1.10 bits per heavy atom. The van der Waals surface area contributed by atoms with E-state index in [0.717, 1.165) is 23.3 Å². The van der Waals surface area contributed by atoms with Crippen molar-refractivity contribution in [1.29, 1.82) is 0 Å². The van der Waals surface area contributed by atoms with Crippen LogP contribution in [0.25, 0.3) is 11.0 Å². The molecule has 1 aromatic heterocycles. The topological polar surface area (TPSA) is 39.1 Å². The lowest BCUT2D eigenvalue weighted by atomic mass is 10.2. The van der Waals surface area contributed by atoms with E-state index in [0.29, 0.717) is 6.01 Å². The largest absolute Gasteiger partial charge is 0.426 e. The van der Waals surface area contributed by atoms with E-state index >= 15 is 0 Å². The lowest BCUT2D eigenvalue weighted by Gasteiger charge is -2.06. The van der Waals surface area contributed by atoms with Crippen LogP contribution in [0.15, 0.2) is 48.5 Å². The second-order valence-electron chi connectivity index (χ2n) is 4.72. The Labute approximate surface area is 118 Å². The molecule has 0 saturated heterocycles. The first kappa shape index (κ1) is 12.7. The number of fused-ring (bicyclic) bond motifs is 1. The molecule has 0 spiro atoms. The van der Waals surface area contributed by atoms with E-state index in [1.807, 2.05) is 55.1 Å². The number of para-hydroxylation sites is 2. The van der Waals surface area contributed by atoms with E-state index in [9.17, 15) is 0 Å². The van der Waals surface area contributed by atoms with Crippen LogP contribution < -0.4 is 10.1 Å². The van der Waals surface area contributed by atoms with Gasteiger partial charge in [-0.15, -0.1) is 0 Å². The van der Waals surface area contributed by atoms with Crippen molar-refractivity contribution in [3.05, 3.63) is 54.1 Å². The average molecular weight is 267 g/mol. The van der Waals surface area contributed by atoms with Gasteiger partial charge in [0.2, 0.25) is 0 Å². The Bertz CT molecular complexity index is 716. The molecule has 0 aliphatic carbocycles. The molecule has 102 valence electrons. The summed E-state index contributed by atoms with van der Waals surface area (Å²) >= 11 is 0. The number of hydrogen-bond donors (Lipinski definition) is 1. The van der Waals surface area contributed by atoms with E-state index < -0.39 is 0 Å². The molecular weight excluding hydrogens is 250 g/mol. The predicted octanol–water partition coefficient (Wildman–Crippen LogP) is 3.09. The zero-order valence-electron chi connectivity index (χ0n) is 11.6. The van der Waals surface area contributed by atoms with Gasteiger partial charge in [-0.2, -0.15) is 4.98 Å². The SMILES string of the molecule is CNCc1ccc(Oc2nc3ccccc3n2C)cc1. The lowest BCUT2D eigenvalue weighted by molar-refractivity contribution is 0.427. The van der Waals surface area contributed by atoms with Gasteiger partial charge >= 0.3 is 6.01 Å². The molecule has 1 heterocycles. The van der Waals surface area contributed by atoms with Gasteiger partial charge in [-0.25, -0.2) is 0 Å². The van der Waals surface area contributed by atoms with Crippen molar-refractivity contribution in [3.8, 4) is 11.8 Å². The van der Waals surface area contributed by atoms with Gasteiger partial charge in [0, 0.05) is 13.6 Å². The Hall–Kier alpha value is -2.33. The quantitative estimate of drug-likeness (QED) is 0.789. The highest BCUT2D eigenvalue weighted by Crippen LogP contribution is 2.24. The number of imidazole rings is 1. The van der Waals surface area contributed by atoms with Gasteiger partial charge in [-0.3, -0.25) is 4.57 Å². The summed E-state index contributed by atoms with van der Waals surface area (Å²) in [6.07, 6.45) is 0. The van der Waals surface area contributed by atoms with Crippen LogP contribution in [-0.4, -0.2) is 16.6 Å². The molecule has 0 unspecified atom stereocenters. The number of aryl methyl sites for hydroxylation is 1. The number of benzene rings is 2. The van der Waals surface area contributed by atoms with Crippen molar-refractivity contribution in [3.63, 3.8) is 0 Å². The van der Waals surface area contributed by atoms with E-state index in [4.69, 9.17) is 4.74 Å². The first-order valence-corrected chi connectivity index (χ1v) is 6.61. The summed E-state index contributed by atoms with van der Waals surface area (Å²) in [5.74, 6) is 0.795. The zero-order valence-corrected chi connectivity index (χ0v) is 11.6. The molecule has 4 heteroatoms. The molecule has 0 atom stereocenters. The van der Waals surface area contributed by atoms with Crippen LogP contribution in [0.2, 0.25) is 0 Å². The Morgan fingerprint density at radius 3 is 2.55 bits per heavy atom. The summed E-state index contributed by atoms with van der Waals surface area (Å²) in [6.45, 7) is 0.854. The number of ether oxygens (including phenoxy) is 1. The number of hydrogen-bond acceptors (Lipinski definition) is 3. The third-order valence-corrected chi connectivity index (χ3v) is 3.26. The van der Waals surface area contributed by atoms with Gasteiger partial charge in [0.15, 0.2) is 0 Å². The van der Waals surface area contributed by atoms with Crippen LogP contribution in [-0.2, 0) is 13.6 Å². The van der Waals surface area contributed by atoms with Crippen molar-refractivity contribution in [1.82, 2.24) is 14.9 Å². The van der Waals surface area contributed by atoms with Gasteiger partial charge in [0.25, 0.3) is 0 Å². The molecule has 0 fully saturated rings. The summed E-state index contributed by atoms with van der Waals surface area (Å²) in [5.41, 5.74) is 3.23. The fraction of sp³-hybridized carbons (Fsp3) is 0.188. The van der Waals surface area contributed by atoms with E-state index in [-0.39, 0.29) is 0 Å². The van der Waals surface area contributed by atoms with Crippen LogP contribution in [0.3, 0.4) is 0 Å². The molecule has 1 N–H and O–H groups in total. The van der Waals surface area contributed by atoms with Crippen molar-refractivity contribution >= 4 is 11.0 Å². The van der Waals surface area contributed by atoms with Crippen LogP contribution in [0.1, 0.15) is 5.56 Å². The predicted molar refractivity (Wildman–Crippen MR) is 80.0 cm³/mol. The fourth-order valence-electron chi connectivity index (χ4n) is 2.20. The van der Waals surface area contributed by atoms with Crippen molar-refractivity contribution in [2.75, 3.05) is 7.05 Å². The number of aromatic nitrogens is 2. The molecular formula is C16H17N3O. The molecule has 4 nitrogen and oxygen atoms in total. The standard InChI is InChI=1S/C16H17N3O/c1-17-11-12-7-9-13(10-8-12)20-16-18-14-5-3-4-6-15(14)19(16)2/h3-10,17H,11H2,1-2H3. The third kappa shape index (κ3) is 2.38. The molecule has 0 aliphatic rings. The maximum absolute atomic E-state index is 5.86. The summed E-state index contributed by atoms with van der Waals surface area (Å²) in [7, 11) is 3.89. The number of nitrogens with zero attached hydrogens (tertiary/aromatic N) is 2. The highest BCUT2D eigenvalue weighted by molar-refractivity contribution is 5.76. The minimum absolute atomic E-state index is 0.604. The Kier molecular flexibility index (Phi) is 3.39. The second-order valence-corrected chi connectivity index (χ2v) is 4.72. The van der Waals surface area contributed by atoms with Gasteiger partial charge in [0.1, 0.15) is 5.75 Å². The number of nitrogens with one attached hydrogen (secondary N) is 1. The van der Waals surface area contributed by atoms with E-state index in [1.54, 1.807) is 0 Å². The van der Waals surface area contributed by atoms with Gasteiger partial charge in [-0.1, -0.05) is 24.3 Å². The maximum Gasteiger partial charge on any atom is 0.302 e. The smallest absolute Gasteiger partial charge is 0.302 e. The Balaban J connectivity index is 1.87. The zero-order chi connectivity index (χ0) is 13.9. The van der Waals surface area contributed by atoms with Gasteiger partial charge < -0.3 is 10.1 Å². The molecule has 3 rings (SSSR count). The molecule has 20 heavy (non-hydrogen) atoms. The summed E-state index contributed by atoms with van der Waals surface area (Å²) in [4.78, 5) is 4.49. The van der Waals surface area contributed by atoms with Crippen LogP contribution in [0.5, 0.6) is 11.8 Å². The van der Waals surface area contributed by atoms with Gasteiger partial charge in [0.05, 0.1) is 11.0 Å². The minimum atomic E-state index is 0.604. The summed E-state index contributed by atoms with van der Waals surface area (Å²) in [5, 5.41) is 3.12. The molecule has 0 aliphatic heterocycles. The molecule has 2 aromatic carbocycles. The molecule has 0 bridgehead atoms. The van der Waals surface area contributed by atoms with Crippen LogP contribution in [0.4, 0.5) is 0 Å². The molecule has 0 saturated carbocycles. The van der Waals surface area contributed by atoms with Crippen LogP contribution >= 0.6 is 0 Å².